The van der Waals surface area contributed by atoms with Crippen molar-refractivity contribution in [3.05, 3.63) is 12.2 Å². The molecule has 14 heteroatoms. The number of fused-ring (bicyclic) bond motifs is 3. The Hall–Kier alpha value is -1.72. The normalized spacial score (nSPS) is 49.4. The summed E-state index contributed by atoms with van der Waals surface area (Å²) in [6.07, 6.45) is -7.38. The maximum absolute atomic E-state index is 13.1. The summed E-state index contributed by atoms with van der Waals surface area (Å²) in [7, 11) is 0. The predicted molar refractivity (Wildman–Crippen MR) is 168 cm³/mol. The molecule has 2 heterocycles. The number of carbonyl (C=O) groups excluding carboxylic acids is 1. The van der Waals surface area contributed by atoms with Crippen LogP contribution < -0.4 is 0 Å². The highest BCUT2D eigenvalue weighted by atomic mass is 16.7. The maximum Gasteiger partial charge on any atom is 0.306 e. The quantitative estimate of drug-likeness (QED) is 0.0937. The van der Waals surface area contributed by atoms with Crippen LogP contribution >= 0.6 is 0 Å². The number of carboxylic acid groups (broad SMARTS) is 1. The van der Waals surface area contributed by atoms with Crippen molar-refractivity contribution in [2.24, 2.45) is 40.4 Å². The van der Waals surface area contributed by atoms with Crippen LogP contribution in [0.15, 0.2) is 12.2 Å². The summed E-state index contributed by atoms with van der Waals surface area (Å²) in [6.45, 7) is 7.99. The first-order valence-electron chi connectivity index (χ1n) is 17.8. The van der Waals surface area contributed by atoms with Crippen LogP contribution in [0.1, 0.15) is 72.1 Å². The number of rotatable bonds is 10. The Morgan fingerprint density at radius 2 is 1.78 bits per heavy atom. The summed E-state index contributed by atoms with van der Waals surface area (Å²) in [5.41, 5.74) is -2.07. The highest BCUT2D eigenvalue weighted by molar-refractivity contribution is 5.71. The van der Waals surface area contributed by atoms with Gasteiger partial charge in [-0.2, -0.15) is 0 Å². The molecule has 4 saturated carbocycles. The van der Waals surface area contributed by atoms with Crippen molar-refractivity contribution in [2.45, 2.75) is 133 Å². The fourth-order valence-electron chi connectivity index (χ4n) is 10.6. The average molecular weight is 699 g/mol. The number of carbonyl (C=O) groups is 2. The molecule has 6 fully saturated rings. The van der Waals surface area contributed by atoms with Crippen molar-refractivity contribution in [1.29, 1.82) is 0 Å². The third kappa shape index (κ3) is 6.27. The van der Waals surface area contributed by atoms with Crippen molar-refractivity contribution in [2.75, 3.05) is 19.8 Å². The minimum atomic E-state index is -2.04. The number of aliphatic carboxylic acids is 1. The first-order chi connectivity index (χ1) is 23.1. The second-order valence-corrected chi connectivity index (χ2v) is 16.3. The van der Waals surface area contributed by atoms with E-state index in [0.717, 1.165) is 31.3 Å². The number of esters is 1. The molecule has 0 aromatic carbocycles. The molecule has 2 saturated heterocycles. The molecule has 0 unspecified atom stereocenters. The fourth-order valence-corrected chi connectivity index (χ4v) is 10.6. The topological polar surface area (TPSA) is 222 Å². The van der Waals surface area contributed by atoms with Gasteiger partial charge in [-0.3, -0.25) is 9.59 Å². The van der Waals surface area contributed by atoms with Crippen LogP contribution in [0.5, 0.6) is 0 Å². The lowest BCUT2D eigenvalue weighted by molar-refractivity contribution is -0.343. The third-order valence-corrected chi connectivity index (χ3v) is 12.9. The number of hydrogen-bond acceptors (Lipinski definition) is 13. The molecular formula is C35H54O14. The Morgan fingerprint density at radius 1 is 1.04 bits per heavy atom. The highest BCUT2D eigenvalue weighted by Crippen LogP contribution is 2.70. The van der Waals surface area contributed by atoms with Gasteiger partial charge in [0.2, 0.25) is 0 Å². The van der Waals surface area contributed by atoms with E-state index in [4.69, 9.17) is 23.7 Å². The molecule has 6 rings (SSSR count). The number of aliphatic hydroxyl groups is 6. The number of hydrogen-bond donors (Lipinski definition) is 7. The average Bonchev–Trinajstić information content (AvgIpc) is 3.42. The summed E-state index contributed by atoms with van der Waals surface area (Å²) in [6, 6.07) is 0. The molecule has 0 aromatic rings. The van der Waals surface area contributed by atoms with Gasteiger partial charge in [0, 0.05) is 11.8 Å². The monoisotopic (exact) mass is 698 g/mol. The lowest BCUT2D eigenvalue weighted by Gasteiger charge is -2.62. The fraction of sp³-hybridized carbons (Fsp3) is 0.886. The summed E-state index contributed by atoms with van der Waals surface area (Å²) >= 11 is 0. The molecule has 0 radical (unpaired) electrons. The Bertz CT molecular complexity index is 1260. The summed E-state index contributed by atoms with van der Waals surface area (Å²) < 4.78 is 29.8. The van der Waals surface area contributed by atoms with E-state index >= 15 is 0 Å². The number of aliphatic hydroxyl groups excluding tert-OH is 5. The lowest BCUT2D eigenvalue weighted by Crippen LogP contribution is -2.64. The van der Waals surface area contributed by atoms with Gasteiger partial charge in [0.05, 0.1) is 37.9 Å². The lowest BCUT2D eigenvalue weighted by atomic mass is 9.43. The largest absolute Gasteiger partial charge is 0.481 e. The maximum atomic E-state index is 13.1. The molecule has 16 atom stereocenters. The molecule has 2 bridgehead atoms. The van der Waals surface area contributed by atoms with Gasteiger partial charge >= 0.3 is 11.9 Å². The second-order valence-electron chi connectivity index (χ2n) is 16.3. The zero-order valence-corrected chi connectivity index (χ0v) is 28.6. The van der Waals surface area contributed by atoms with Gasteiger partial charge < -0.3 is 59.4 Å². The van der Waals surface area contributed by atoms with Gasteiger partial charge in [0.15, 0.2) is 18.7 Å². The minimum absolute atomic E-state index is 0.00488. The molecule has 278 valence electrons. The Labute approximate surface area is 286 Å². The van der Waals surface area contributed by atoms with Crippen LogP contribution in [0.2, 0.25) is 0 Å². The number of ether oxygens (including phenoxy) is 5. The first kappa shape index (κ1) is 37.1. The molecule has 2 aliphatic heterocycles. The van der Waals surface area contributed by atoms with Crippen LogP contribution in [0.4, 0.5) is 0 Å². The SMILES string of the molecule is C=C1[C@@H]2CC[C@H]3[C@]4(C)C[C@H](O[C@@H]5O[C@H](CO)[C@@H](O)[C@H](O[C@@H]6OC[C@](O)(CO)[C@H]6O)[C@H]5OC(=O)CC(C)C)C[C@@H](C(=O)O)[C@H]4CC[C@]3(C2)[C@H]1O. The van der Waals surface area contributed by atoms with Crippen molar-refractivity contribution < 1.29 is 69.0 Å². The smallest absolute Gasteiger partial charge is 0.306 e. The Kier molecular flexibility index (Phi) is 10.3. The highest BCUT2D eigenvalue weighted by Gasteiger charge is 2.67. The standard InChI is InChI=1S/C35H54O14/c1-16(2)9-24(38)48-27-26(49-32-29(41)35(44,14-37)15-45-32)25(39)22(13-36)47-31(27)46-19-10-20(30(42)43)21-7-8-34-11-18(17(3)28(34)40)5-6-23(34)33(21,4)12-19/h16,18-23,25-29,31-32,36-37,39-41,44H,3,5-15H2,1-2,4H3,(H,42,43)/t18-,19-,20-,21-,22-,23+,25-,26+,27-,28+,29+,31-,32+,33-,34-,35-/m1/s1. The molecule has 6 aliphatic rings. The molecule has 7 N–H and O–H groups in total. The molecular weight excluding hydrogens is 644 g/mol. The van der Waals surface area contributed by atoms with Crippen LogP contribution in [0.25, 0.3) is 0 Å². The number of carboxylic acids is 1. The zero-order valence-electron chi connectivity index (χ0n) is 28.6. The van der Waals surface area contributed by atoms with Gasteiger partial charge in [-0.25, -0.2) is 0 Å². The Balaban J connectivity index is 1.30. The van der Waals surface area contributed by atoms with E-state index in [9.17, 15) is 45.3 Å². The van der Waals surface area contributed by atoms with E-state index in [1.54, 1.807) is 0 Å². The zero-order chi connectivity index (χ0) is 35.6. The van der Waals surface area contributed by atoms with Gasteiger partial charge in [0.1, 0.15) is 30.0 Å². The summed E-state index contributed by atoms with van der Waals surface area (Å²) in [4.78, 5) is 25.9. The Morgan fingerprint density at radius 3 is 2.41 bits per heavy atom. The van der Waals surface area contributed by atoms with E-state index in [0.29, 0.717) is 12.8 Å². The molecule has 4 aliphatic carbocycles. The molecule has 14 nitrogen and oxygen atoms in total. The van der Waals surface area contributed by atoms with Crippen molar-refractivity contribution >= 4 is 11.9 Å². The summed E-state index contributed by atoms with van der Waals surface area (Å²) in [5, 5.41) is 74.4. The van der Waals surface area contributed by atoms with E-state index < -0.39 is 104 Å². The van der Waals surface area contributed by atoms with Crippen molar-refractivity contribution in [1.82, 2.24) is 0 Å². The summed E-state index contributed by atoms with van der Waals surface area (Å²) in [5.74, 6) is -2.31. The minimum Gasteiger partial charge on any atom is -0.481 e. The predicted octanol–water partition coefficient (Wildman–Crippen LogP) is 0.478. The van der Waals surface area contributed by atoms with Gasteiger partial charge in [-0.15, -0.1) is 0 Å². The van der Waals surface area contributed by atoms with E-state index in [-0.39, 0.29) is 41.9 Å². The molecule has 1 spiro atoms. The van der Waals surface area contributed by atoms with E-state index in [1.807, 2.05) is 13.8 Å². The third-order valence-electron chi connectivity index (χ3n) is 12.9. The van der Waals surface area contributed by atoms with Crippen molar-refractivity contribution in [3.8, 4) is 0 Å². The van der Waals surface area contributed by atoms with E-state index in [1.165, 1.54) is 0 Å². The first-order valence-corrected chi connectivity index (χ1v) is 17.8. The van der Waals surface area contributed by atoms with Crippen LogP contribution in [-0.2, 0) is 33.3 Å². The van der Waals surface area contributed by atoms with E-state index in [2.05, 4.69) is 13.5 Å². The van der Waals surface area contributed by atoms with Crippen molar-refractivity contribution in [3.63, 3.8) is 0 Å². The van der Waals surface area contributed by atoms with Gasteiger partial charge in [-0.05, 0) is 79.6 Å². The van der Waals surface area contributed by atoms with Gasteiger partial charge in [-0.1, -0.05) is 27.4 Å². The second kappa shape index (κ2) is 13.7. The molecule has 49 heavy (non-hydrogen) atoms. The molecule has 0 aromatic heterocycles. The molecule has 0 amide bonds. The van der Waals surface area contributed by atoms with Crippen LogP contribution in [0, 0.1) is 40.4 Å². The van der Waals surface area contributed by atoms with Crippen LogP contribution in [-0.4, -0.2) is 128 Å². The van der Waals surface area contributed by atoms with Crippen LogP contribution in [0.3, 0.4) is 0 Å². The van der Waals surface area contributed by atoms with Gasteiger partial charge in [0.25, 0.3) is 0 Å².